The summed E-state index contributed by atoms with van der Waals surface area (Å²) in [6.07, 6.45) is 7.59. The molecule has 1 aliphatic heterocycles. The van der Waals surface area contributed by atoms with Crippen molar-refractivity contribution in [3.63, 3.8) is 0 Å². The highest BCUT2D eigenvalue weighted by Gasteiger charge is 2.52. The van der Waals surface area contributed by atoms with Gasteiger partial charge in [0, 0.05) is 12.6 Å². The van der Waals surface area contributed by atoms with E-state index < -0.39 is 35.4 Å². The Morgan fingerprint density at radius 3 is 2.41 bits per heavy atom. The third-order valence-corrected chi connectivity index (χ3v) is 8.65. The van der Waals surface area contributed by atoms with Gasteiger partial charge in [0.2, 0.25) is 11.8 Å². The fraction of sp³-hybridized carbons (Fsp3) is 0.759. The van der Waals surface area contributed by atoms with E-state index in [-0.39, 0.29) is 41.9 Å². The molecular formula is C29H44N4O6. The first-order valence-corrected chi connectivity index (χ1v) is 14.5. The molecule has 0 unspecified atom stereocenters. The highest BCUT2D eigenvalue weighted by molar-refractivity contribution is 5.98. The smallest absolute Gasteiger partial charge is 0.329 e. The number of aryl methyl sites for hydroxylation is 1. The molecule has 1 saturated heterocycles. The van der Waals surface area contributed by atoms with Crippen molar-refractivity contribution < 1.29 is 28.4 Å². The van der Waals surface area contributed by atoms with Crippen LogP contribution in [0.4, 0.5) is 0 Å². The highest BCUT2D eigenvalue weighted by atomic mass is 16.5. The summed E-state index contributed by atoms with van der Waals surface area (Å²) in [6, 6.07) is -0.785. The van der Waals surface area contributed by atoms with Gasteiger partial charge in [-0.2, -0.15) is 0 Å². The van der Waals surface area contributed by atoms with E-state index in [1.54, 1.807) is 18.7 Å². The van der Waals surface area contributed by atoms with Crippen molar-refractivity contribution in [3.05, 3.63) is 17.5 Å². The monoisotopic (exact) mass is 544 g/mol. The molecule has 216 valence electrons. The molecule has 2 N–H and O–H groups in total. The fourth-order valence-corrected chi connectivity index (χ4v) is 6.66. The van der Waals surface area contributed by atoms with Crippen molar-refractivity contribution in [2.24, 2.45) is 23.2 Å². The zero-order chi connectivity index (χ0) is 28.3. The minimum Gasteiger partial charge on any atom is -0.464 e. The van der Waals surface area contributed by atoms with Crippen LogP contribution in [0.15, 0.2) is 10.6 Å². The number of amides is 3. The summed E-state index contributed by atoms with van der Waals surface area (Å²) < 4.78 is 10.4. The van der Waals surface area contributed by atoms with Gasteiger partial charge in [0.25, 0.3) is 5.91 Å². The van der Waals surface area contributed by atoms with Crippen molar-refractivity contribution in [2.75, 3.05) is 13.2 Å². The van der Waals surface area contributed by atoms with Crippen LogP contribution in [0.1, 0.15) is 95.3 Å². The van der Waals surface area contributed by atoms with Gasteiger partial charge in [0.15, 0.2) is 5.69 Å². The second kappa shape index (κ2) is 12.1. The van der Waals surface area contributed by atoms with Gasteiger partial charge in [-0.3, -0.25) is 14.4 Å². The van der Waals surface area contributed by atoms with Crippen LogP contribution in [-0.4, -0.2) is 65.0 Å². The summed E-state index contributed by atoms with van der Waals surface area (Å²) >= 11 is 0. The van der Waals surface area contributed by atoms with Crippen LogP contribution in [-0.2, 0) is 19.1 Å². The van der Waals surface area contributed by atoms with E-state index in [0.29, 0.717) is 12.3 Å². The first kappa shape index (κ1) is 29.1. The molecule has 10 nitrogen and oxygen atoms in total. The Kier molecular flexibility index (Phi) is 9.01. The molecular weight excluding hydrogens is 500 g/mol. The molecule has 10 heteroatoms. The number of ether oxygens (including phenoxy) is 1. The van der Waals surface area contributed by atoms with E-state index >= 15 is 0 Å². The zero-order valence-electron chi connectivity index (χ0n) is 24.0. The predicted molar refractivity (Wildman–Crippen MR) is 143 cm³/mol. The molecule has 2 saturated carbocycles. The van der Waals surface area contributed by atoms with Gasteiger partial charge < -0.3 is 24.8 Å². The SMILES string of the molecule is CCOC(=O)[C@@H]1[C@H]2CCC[C@H]2CN1C(=O)[C@@H](NC(=O)[C@@H](NC(=O)c1cc(C)on1)C1CCCCC1)C(C)(C)C. The minimum atomic E-state index is -0.877. The number of carbonyl (C=O) groups is 4. The normalized spacial score (nSPS) is 25.1. The Bertz CT molecular complexity index is 1060. The van der Waals surface area contributed by atoms with Crippen LogP contribution in [0.2, 0.25) is 0 Å². The lowest BCUT2D eigenvalue weighted by Crippen LogP contribution is -2.61. The van der Waals surface area contributed by atoms with E-state index in [0.717, 1.165) is 51.4 Å². The molecule has 1 aromatic rings. The van der Waals surface area contributed by atoms with Crippen LogP contribution in [0.25, 0.3) is 0 Å². The van der Waals surface area contributed by atoms with Gasteiger partial charge in [-0.25, -0.2) is 4.79 Å². The van der Waals surface area contributed by atoms with E-state index in [4.69, 9.17) is 9.26 Å². The van der Waals surface area contributed by atoms with Crippen molar-refractivity contribution in [2.45, 2.75) is 104 Å². The quantitative estimate of drug-likeness (QED) is 0.480. The van der Waals surface area contributed by atoms with E-state index in [1.807, 2.05) is 20.8 Å². The first-order valence-electron chi connectivity index (χ1n) is 14.5. The number of fused-ring (bicyclic) bond motifs is 1. The molecule has 3 amide bonds. The maximum absolute atomic E-state index is 14.1. The molecule has 3 fully saturated rings. The van der Waals surface area contributed by atoms with Crippen molar-refractivity contribution in [1.82, 2.24) is 20.7 Å². The van der Waals surface area contributed by atoms with Crippen LogP contribution in [0.5, 0.6) is 0 Å². The van der Waals surface area contributed by atoms with Gasteiger partial charge >= 0.3 is 5.97 Å². The fourth-order valence-electron chi connectivity index (χ4n) is 6.66. The summed E-state index contributed by atoms with van der Waals surface area (Å²) in [7, 11) is 0. The Morgan fingerprint density at radius 2 is 1.79 bits per heavy atom. The van der Waals surface area contributed by atoms with Crippen molar-refractivity contribution in [3.8, 4) is 0 Å². The number of aromatic nitrogens is 1. The molecule has 0 radical (unpaired) electrons. The number of hydrogen-bond acceptors (Lipinski definition) is 7. The summed E-state index contributed by atoms with van der Waals surface area (Å²) in [4.78, 5) is 55.6. The number of hydrogen-bond donors (Lipinski definition) is 2. The minimum absolute atomic E-state index is 0.0511. The van der Waals surface area contributed by atoms with Crippen molar-refractivity contribution >= 4 is 23.7 Å². The van der Waals surface area contributed by atoms with E-state index in [9.17, 15) is 19.2 Å². The maximum atomic E-state index is 14.1. The summed E-state index contributed by atoms with van der Waals surface area (Å²) in [5, 5.41) is 9.69. The van der Waals surface area contributed by atoms with Gasteiger partial charge in [-0.15, -0.1) is 0 Å². The Hall–Kier alpha value is -2.91. The Labute approximate surface area is 230 Å². The molecule has 39 heavy (non-hydrogen) atoms. The largest absolute Gasteiger partial charge is 0.464 e. The standard InChI is InChI=1S/C29H44N4O6/c1-6-38-28(37)23-20-14-10-13-19(20)16-33(23)27(36)24(29(3,4)5)31-26(35)22(18-11-8-7-9-12-18)30-25(34)21-15-17(2)39-32-21/h15,18-20,22-24H,6-14,16H2,1-5H3,(H,30,34)(H,31,35)/t19-,20-,22-,23-,24+/m0/s1. The zero-order valence-corrected chi connectivity index (χ0v) is 24.0. The molecule has 0 bridgehead atoms. The predicted octanol–water partition coefficient (Wildman–Crippen LogP) is 3.38. The number of likely N-dealkylation sites (tertiary alicyclic amines) is 1. The maximum Gasteiger partial charge on any atom is 0.329 e. The van der Waals surface area contributed by atoms with Gasteiger partial charge in [-0.05, 0) is 62.7 Å². The number of nitrogens with zero attached hydrogens (tertiary/aromatic N) is 2. The topological polar surface area (TPSA) is 131 Å². The Balaban J connectivity index is 1.56. The lowest BCUT2D eigenvalue weighted by Gasteiger charge is -2.37. The second-order valence-electron chi connectivity index (χ2n) is 12.5. The average molecular weight is 545 g/mol. The third-order valence-electron chi connectivity index (χ3n) is 8.65. The lowest BCUT2D eigenvalue weighted by atomic mass is 9.82. The summed E-state index contributed by atoms with van der Waals surface area (Å²) in [5.74, 6) is -0.710. The summed E-state index contributed by atoms with van der Waals surface area (Å²) in [5.41, 5.74) is -0.515. The van der Waals surface area contributed by atoms with Crippen molar-refractivity contribution in [1.29, 1.82) is 0 Å². The van der Waals surface area contributed by atoms with Gasteiger partial charge in [-0.1, -0.05) is 51.6 Å². The first-order chi connectivity index (χ1) is 18.5. The molecule has 2 aliphatic carbocycles. The highest BCUT2D eigenvalue weighted by Crippen LogP contribution is 2.43. The summed E-state index contributed by atoms with van der Waals surface area (Å²) in [6.45, 7) is 9.91. The van der Waals surface area contributed by atoms with Gasteiger partial charge in [0.05, 0.1) is 6.61 Å². The molecule has 1 aromatic heterocycles. The third kappa shape index (κ3) is 6.47. The molecule has 0 aromatic carbocycles. The number of nitrogens with one attached hydrogen (secondary N) is 2. The average Bonchev–Trinajstić information content (AvgIpc) is 3.61. The van der Waals surface area contributed by atoms with E-state index in [1.165, 1.54) is 6.07 Å². The lowest BCUT2D eigenvalue weighted by molar-refractivity contribution is -0.156. The van der Waals surface area contributed by atoms with E-state index in [2.05, 4.69) is 15.8 Å². The molecule has 3 aliphatic rings. The molecule has 5 atom stereocenters. The van der Waals surface area contributed by atoms with Crippen LogP contribution >= 0.6 is 0 Å². The number of rotatable bonds is 8. The van der Waals surface area contributed by atoms with Crippen LogP contribution < -0.4 is 10.6 Å². The molecule has 4 rings (SSSR count). The Morgan fingerprint density at radius 1 is 1.08 bits per heavy atom. The second-order valence-corrected chi connectivity index (χ2v) is 12.5. The number of esters is 1. The molecule has 0 spiro atoms. The van der Waals surface area contributed by atoms with Gasteiger partial charge in [0.1, 0.15) is 23.9 Å². The molecule has 2 heterocycles. The van der Waals surface area contributed by atoms with Crippen LogP contribution in [0.3, 0.4) is 0 Å². The van der Waals surface area contributed by atoms with Crippen LogP contribution in [0, 0.1) is 30.1 Å². The number of carbonyl (C=O) groups excluding carboxylic acids is 4.